The molecule has 0 aliphatic carbocycles. The van der Waals surface area contributed by atoms with Crippen molar-refractivity contribution in [3.05, 3.63) is 53.1 Å². The van der Waals surface area contributed by atoms with Crippen LogP contribution in [0.1, 0.15) is 26.3 Å². The lowest BCUT2D eigenvalue weighted by atomic mass is 10.2. The monoisotopic (exact) mass is 410 g/mol. The van der Waals surface area contributed by atoms with Crippen molar-refractivity contribution in [2.24, 2.45) is 0 Å². The van der Waals surface area contributed by atoms with Crippen LogP contribution in [0.4, 0.5) is 5.69 Å². The lowest BCUT2D eigenvalue weighted by Gasteiger charge is -2.16. The minimum absolute atomic E-state index is 0.134. The van der Waals surface area contributed by atoms with Crippen LogP contribution in [0.3, 0.4) is 0 Å². The zero-order valence-electron chi connectivity index (χ0n) is 15.6. The third-order valence-electron chi connectivity index (χ3n) is 3.63. The van der Waals surface area contributed by atoms with Crippen molar-refractivity contribution < 1.29 is 17.9 Å². The van der Waals surface area contributed by atoms with Gasteiger partial charge in [-0.3, -0.25) is 4.79 Å². The minimum Gasteiger partial charge on any atom is -0.481 e. The number of carbonyl (C=O) groups excluding carboxylic acids is 1. The van der Waals surface area contributed by atoms with E-state index in [2.05, 4.69) is 10.0 Å². The van der Waals surface area contributed by atoms with Crippen molar-refractivity contribution in [2.75, 3.05) is 5.32 Å². The maximum absolute atomic E-state index is 12.3. The molecular formula is C19H23ClN2O4S. The van der Waals surface area contributed by atoms with Crippen molar-refractivity contribution in [1.82, 2.24) is 4.72 Å². The highest BCUT2D eigenvalue weighted by Gasteiger charge is 2.17. The Labute approximate surface area is 164 Å². The predicted molar refractivity (Wildman–Crippen MR) is 107 cm³/mol. The zero-order valence-corrected chi connectivity index (χ0v) is 17.2. The van der Waals surface area contributed by atoms with Crippen molar-refractivity contribution in [2.45, 2.75) is 44.7 Å². The summed E-state index contributed by atoms with van der Waals surface area (Å²) in [6, 6.07) is 10.9. The summed E-state index contributed by atoms with van der Waals surface area (Å²) < 4.78 is 32.4. The van der Waals surface area contributed by atoms with Gasteiger partial charge in [-0.2, -0.15) is 0 Å². The Hall–Kier alpha value is -2.09. The second-order valence-corrected chi connectivity index (χ2v) is 8.58. The van der Waals surface area contributed by atoms with E-state index in [0.29, 0.717) is 16.5 Å². The highest BCUT2D eigenvalue weighted by atomic mass is 35.5. The van der Waals surface area contributed by atoms with Crippen LogP contribution in [0.5, 0.6) is 5.75 Å². The molecule has 0 aliphatic rings. The van der Waals surface area contributed by atoms with E-state index in [-0.39, 0.29) is 16.8 Å². The summed E-state index contributed by atoms with van der Waals surface area (Å²) >= 11 is 5.98. The molecule has 1 atom stereocenters. The van der Waals surface area contributed by atoms with E-state index >= 15 is 0 Å². The van der Waals surface area contributed by atoms with E-state index in [1.807, 2.05) is 6.92 Å². The summed E-state index contributed by atoms with van der Waals surface area (Å²) in [5.74, 6) is 0.194. The Balaban J connectivity index is 2.01. The molecule has 1 amide bonds. The van der Waals surface area contributed by atoms with Crippen LogP contribution in [0.2, 0.25) is 5.02 Å². The molecule has 0 saturated carbocycles. The summed E-state index contributed by atoms with van der Waals surface area (Å²) in [5.41, 5.74) is 1.33. The number of sulfonamides is 1. The van der Waals surface area contributed by atoms with Gasteiger partial charge in [0.25, 0.3) is 5.91 Å². The van der Waals surface area contributed by atoms with Crippen LogP contribution >= 0.6 is 11.6 Å². The van der Waals surface area contributed by atoms with Crippen LogP contribution in [0.25, 0.3) is 0 Å². The first kappa shape index (κ1) is 21.2. The molecule has 2 aromatic rings. The number of anilines is 1. The van der Waals surface area contributed by atoms with E-state index in [0.717, 1.165) is 5.56 Å². The molecule has 0 unspecified atom stereocenters. The van der Waals surface area contributed by atoms with Gasteiger partial charge >= 0.3 is 0 Å². The molecule has 6 nitrogen and oxygen atoms in total. The van der Waals surface area contributed by atoms with E-state index in [1.54, 1.807) is 39.0 Å². The maximum atomic E-state index is 12.3. The van der Waals surface area contributed by atoms with Gasteiger partial charge in [0.05, 0.1) is 4.90 Å². The van der Waals surface area contributed by atoms with E-state index in [1.165, 1.54) is 24.3 Å². The number of nitrogens with one attached hydrogen (secondary N) is 2. The number of benzene rings is 2. The molecule has 8 heteroatoms. The first-order chi connectivity index (χ1) is 12.6. The molecule has 0 radical (unpaired) electrons. The van der Waals surface area contributed by atoms with Gasteiger partial charge in [0.1, 0.15) is 5.75 Å². The van der Waals surface area contributed by atoms with Gasteiger partial charge in [0.15, 0.2) is 6.10 Å². The molecule has 2 rings (SSSR count). The second-order valence-electron chi connectivity index (χ2n) is 6.46. The van der Waals surface area contributed by atoms with E-state index in [4.69, 9.17) is 16.3 Å². The van der Waals surface area contributed by atoms with Crippen molar-refractivity contribution in [1.29, 1.82) is 0 Å². The Bertz CT molecular complexity index is 912. The molecule has 0 bridgehead atoms. The Kier molecular flexibility index (Phi) is 6.86. The number of amides is 1. The number of ether oxygens (including phenoxy) is 1. The normalized spacial score (nSPS) is 12.7. The topological polar surface area (TPSA) is 84.5 Å². The molecule has 2 N–H and O–H groups in total. The molecular weight excluding hydrogens is 388 g/mol. The number of rotatable bonds is 7. The fourth-order valence-corrected chi connectivity index (χ4v) is 3.66. The lowest BCUT2D eigenvalue weighted by molar-refractivity contribution is -0.122. The third-order valence-corrected chi connectivity index (χ3v) is 5.73. The van der Waals surface area contributed by atoms with Gasteiger partial charge in [-0.25, -0.2) is 13.1 Å². The molecule has 0 heterocycles. The number of hydrogen-bond acceptors (Lipinski definition) is 4. The quantitative estimate of drug-likeness (QED) is 0.728. The van der Waals surface area contributed by atoms with Gasteiger partial charge in [0, 0.05) is 16.8 Å². The maximum Gasteiger partial charge on any atom is 0.265 e. The Morgan fingerprint density at radius 1 is 1.07 bits per heavy atom. The first-order valence-electron chi connectivity index (χ1n) is 8.44. The van der Waals surface area contributed by atoms with Crippen LogP contribution in [0, 0.1) is 6.92 Å². The van der Waals surface area contributed by atoms with Crippen molar-refractivity contribution in [3.8, 4) is 5.75 Å². The van der Waals surface area contributed by atoms with E-state index < -0.39 is 16.1 Å². The first-order valence-corrected chi connectivity index (χ1v) is 10.3. The van der Waals surface area contributed by atoms with Gasteiger partial charge in [-0.05, 0) is 75.7 Å². The van der Waals surface area contributed by atoms with Crippen LogP contribution in [-0.4, -0.2) is 26.5 Å². The lowest BCUT2D eigenvalue weighted by Crippen LogP contribution is -2.31. The number of hydrogen-bond donors (Lipinski definition) is 2. The highest BCUT2D eigenvalue weighted by molar-refractivity contribution is 7.89. The molecule has 0 aromatic heterocycles. The second kappa shape index (κ2) is 8.73. The standard InChI is InChI=1S/C19H23ClN2O4S/c1-12(2)22-27(24,25)17-8-5-15(6-9-17)21-19(23)14(4)26-16-7-10-18(20)13(3)11-16/h5-12,14,22H,1-4H3,(H,21,23)/t14-/m1/s1. The highest BCUT2D eigenvalue weighted by Crippen LogP contribution is 2.22. The predicted octanol–water partition coefficient (Wildman–Crippen LogP) is 3.74. The molecule has 0 saturated heterocycles. The molecule has 2 aromatic carbocycles. The summed E-state index contributed by atoms with van der Waals surface area (Å²) in [6.45, 7) is 6.97. The number of carbonyl (C=O) groups is 1. The summed E-state index contributed by atoms with van der Waals surface area (Å²) in [4.78, 5) is 12.4. The minimum atomic E-state index is -3.57. The largest absolute Gasteiger partial charge is 0.481 e. The fourth-order valence-electron chi connectivity index (χ4n) is 2.29. The van der Waals surface area contributed by atoms with E-state index in [9.17, 15) is 13.2 Å². The molecule has 0 fully saturated rings. The molecule has 27 heavy (non-hydrogen) atoms. The van der Waals surface area contributed by atoms with Crippen molar-refractivity contribution in [3.63, 3.8) is 0 Å². The summed E-state index contributed by atoms with van der Waals surface area (Å²) in [7, 11) is -3.57. The van der Waals surface area contributed by atoms with Crippen LogP contribution < -0.4 is 14.8 Å². The zero-order chi connectivity index (χ0) is 20.2. The van der Waals surface area contributed by atoms with Gasteiger partial charge in [-0.15, -0.1) is 0 Å². The summed E-state index contributed by atoms with van der Waals surface area (Å²) in [6.07, 6.45) is -0.739. The Morgan fingerprint density at radius 3 is 2.26 bits per heavy atom. The van der Waals surface area contributed by atoms with Crippen LogP contribution in [-0.2, 0) is 14.8 Å². The SMILES string of the molecule is Cc1cc(O[C@H](C)C(=O)Nc2ccc(S(=O)(=O)NC(C)C)cc2)ccc1Cl. The van der Waals surface area contributed by atoms with Gasteiger partial charge in [-0.1, -0.05) is 11.6 Å². The number of aryl methyl sites for hydroxylation is 1. The molecule has 0 spiro atoms. The average Bonchev–Trinajstić information content (AvgIpc) is 2.57. The van der Waals surface area contributed by atoms with Crippen molar-refractivity contribution >= 4 is 33.2 Å². The van der Waals surface area contributed by atoms with Gasteiger partial charge in [0.2, 0.25) is 10.0 Å². The average molecular weight is 411 g/mol. The third kappa shape index (κ3) is 5.95. The fraction of sp³-hybridized carbons (Fsp3) is 0.316. The van der Waals surface area contributed by atoms with Gasteiger partial charge < -0.3 is 10.1 Å². The smallest absolute Gasteiger partial charge is 0.265 e. The molecule has 146 valence electrons. The summed E-state index contributed by atoms with van der Waals surface area (Å²) in [5, 5.41) is 3.33. The van der Waals surface area contributed by atoms with Crippen LogP contribution in [0.15, 0.2) is 47.4 Å². The molecule has 0 aliphatic heterocycles. The number of halogens is 1. The Morgan fingerprint density at radius 2 is 1.70 bits per heavy atom.